The van der Waals surface area contributed by atoms with Crippen LogP contribution in [0.2, 0.25) is 0 Å². The molecular formula is C25H21NO2. The molecule has 0 aliphatic carbocycles. The predicted octanol–water partition coefficient (Wildman–Crippen LogP) is 6.16. The fraction of sp³-hybridized carbons (Fsp3) is 0.120. The van der Waals surface area contributed by atoms with Crippen LogP contribution in [-0.4, -0.2) is 10.9 Å². The normalized spacial score (nSPS) is 10.8. The van der Waals surface area contributed by atoms with Gasteiger partial charge in [0.05, 0.1) is 5.56 Å². The van der Waals surface area contributed by atoms with E-state index < -0.39 is 0 Å². The van der Waals surface area contributed by atoms with E-state index in [0.717, 1.165) is 27.8 Å². The molecule has 0 N–H and O–H groups in total. The standard InChI is InChI=1S/C25H21NO2/c1-16-4-10-19(11-5-16)23-22(24(27)20-12-6-17(2)7-13-20)25(28-26-23)21-14-8-18(3)9-15-21/h4-15H,1-3H3. The van der Waals surface area contributed by atoms with Gasteiger partial charge >= 0.3 is 0 Å². The number of rotatable bonds is 4. The Morgan fingerprint density at radius 3 is 1.68 bits per heavy atom. The van der Waals surface area contributed by atoms with Gasteiger partial charge in [0.25, 0.3) is 0 Å². The lowest BCUT2D eigenvalue weighted by Gasteiger charge is -2.06. The van der Waals surface area contributed by atoms with Gasteiger partial charge in [-0.15, -0.1) is 0 Å². The molecule has 28 heavy (non-hydrogen) atoms. The number of aromatic nitrogens is 1. The third kappa shape index (κ3) is 3.39. The number of benzene rings is 3. The molecule has 0 radical (unpaired) electrons. The van der Waals surface area contributed by atoms with Gasteiger partial charge in [0.1, 0.15) is 5.69 Å². The van der Waals surface area contributed by atoms with Crippen LogP contribution >= 0.6 is 0 Å². The Hall–Kier alpha value is -3.46. The Kier molecular flexibility index (Phi) is 4.66. The van der Waals surface area contributed by atoms with Gasteiger partial charge in [-0.05, 0) is 20.8 Å². The van der Waals surface area contributed by atoms with Crippen molar-refractivity contribution in [3.8, 4) is 22.6 Å². The zero-order valence-electron chi connectivity index (χ0n) is 16.2. The lowest BCUT2D eigenvalue weighted by atomic mass is 9.94. The van der Waals surface area contributed by atoms with Gasteiger partial charge in [0.2, 0.25) is 0 Å². The van der Waals surface area contributed by atoms with E-state index in [-0.39, 0.29) is 5.78 Å². The van der Waals surface area contributed by atoms with E-state index >= 15 is 0 Å². The van der Waals surface area contributed by atoms with Crippen LogP contribution in [0.5, 0.6) is 0 Å². The Bertz CT molecular complexity index is 1060. The zero-order chi connectivity index (χ0) is 19.7. The second-order valence-corrected chi connectivity index (χ2v) is 7.16. The first-order valence-electron chi connectivity index (χ1n) is 9.28. The highest BCUT2D eigenvalue weighted by Crippen LogP contribution is 2.34. The molecule has 138 valence electrons. The van der Waals surface area contributed by atoms with Gasteiger partial charge in [-0.25, -0.2) is 0 Å². The number of aryl methyl sites for hydroxylation is 3. The lowest BCUT2D eigenvalue weighted by molar-refractivity contribution is 0.103. The van der Waals surface area contributed by atoms with Gasteiger partial charge in [-0.3, -0.25) is 4.79 Å². The molecule has 0 saturated heterocycles. The van der Waals surface area contributed by atoms with Crippen LogP contribution in [-0.2, 0) is 0 Å². The summed E-state index contributed by atoms with van der Waals surface area (Å²) in [4.78, 5) is 13.4. The Morgan fingerprint density at radius 1 is 0.679 bits per heavy atom. The highest BCUT2D eigenvalue weighted by atomic mass is 16.5. The van der Waals surface area contributed by atoms with Crippen molar-refractivity contribution in [3.63, 3.8) is 0 Å². The molecule has 4 aromatic rings. The summed E-state index contributed by atoms with van der Waals surface area (Å²) < 4.78 is 5.70. The Labute approximate surface area is 164 Å². The molecule has 0 fully saturated rings. The maximum Gasteiger partial charge on any atom is 0.199 e. The van der Waals surface area contributed by atoms with E-state index in [1.54, 1.807) is 0 Å². The van der Waals surface area contributed by atoms with E-state index in [1.165, 1.54) is 0 Å². The summed E-state index contributed by atoms with van der Waals surface area (Å²) in [5.41, 5.74) is 6.80. The van der Waals surface area contributed by atoms with Crippen LogP contribution < -0.4 is 0 Å². The third-order valence-corrected chi connectivity index (χ3v) is 4.87. The minimum Gasteiger partial charge on any atom is -0.355 e. The fourth-order valence-corrected chi connectivity index (χ4v) is 3.16. The van der Waals surface area contributed by atoms with Gasteiger partial charge in [-0.1, -0.05) is 94.6 Å². The molecule has 0 saturated carbocycles. The summed E-state index contributed by atoms with van der Waals surface area (Å²) in [5, 5.41) is 4.28. The summed E-state index contributed by atoms with van der Waals surface area (Å²) in [5.74, 6) is 0.411. The molecule has 0 spiro atoms. The van der Waals surface area contributed by atoms with Crippen molar-refractivity contribution in [2.75, 3.05) is 0 Å². The lowest BCUT2D eigenvalue weighted by Crippen LogP contribution is -2.04. The maximum atomic E-state index is 13.4. The molecule has 1 heterocycles. The van der Waals surface area contributed by atoms with Crippen LogP contribution in [0, 0.1) is 20.8 Å². The average molecular weight is 367 g/mol. The van der Waals surface area contributed by atoms with Crippen molar-refractivity contribution in [1.29, 1.82) is 0 Å². The molecule has 0 bridgehead atoms. The maximum absolute atomic E-state index is 13.4. The third-order valence-electron chi connectivity index (χ3n) is 4.87. The number of carbonyl (C=O) groups is 1. The van der Waals surface area contributed by atoms with Crippen molar-refractivity contribution in [3.05, 3.63) is 101 Å². The van der Waals surface area contributed by atoms with Gasteiger partial charge in [-0.2, -0.15) is 0 Å². The van der Waals surface area contributed by atoms with Crippen LogP contribution in [0.3, 0.4) is 0 Å². The first kappa shape index (κ1) is 17.9. The average Bonchev–Trinajstić information content (AvgIpc) is 3.14. The van der Waals surface area contributed by atoms with Crippen molar-refractivity contribution >= 4 is 5.78 Å². The van der Waals surface area contributed by atoms with Gasteiger partial charge in [0, 0.05) is 16.7 Å². The highest BCUT2D eigenvalue weighted by molar-refractivity contribution is 6.15. The smallest absolute Gasteiger partial charge is 0.199 e. The Balaban J connectivity index is 1.90. The van der Waals surface area contributed by atoms with E-state index in [2.05, 4.69) is 5.16 Å². The fourth-order valence-electron chi connectivity index (χ4n) is 3.16. The molecule has 3 nitrogen and oxygen atoms in total. The first-order valence-corrected chi connectivity index (χ1v) is 9.28. The van der Waals surface area contributed by atoms with E-state index in [4.69, 9.17) is 4.52 Å². The zero-order valence-corrected chi connectivity index (χ0v) is 16.2. The van der Waals surface area contributed by atoms with Crippen molar-refractivity contribution in [1.82, 2.24) is 5.16 Å². The number of nitrogens with zero attached hydrogens (tertiary/aromatic N) is 1. The minimum atomic E-state index is -0.0904. The van der Waals surface area contributed by atoms with Gasteiger partial charge in [0.15, 0.2) is 11.5 Å². The SMILES string of the molecule is Cc1ccc(C(=O)c2c(-c3ccc(C)cc3)noc2-c2ccc(C)cc2)cc1. The van der Waals surface area contributed by atoms with Crippen LogP contribution in [0.4, 0.5) is 0 Å². The number of hydrogen-bond acceptors (Lipinski definition) is 3. The Morgan fingerprint density at radius 2 is 1.14 bits per heavy atom. The summed E-state index contributed by atoms with van der Waals surface area (Å²) >= 11 is 0. The summed E-state index contributed by atoms with van der Waals surface area (Å²) in [6.07, 6.45) is 0. The van der Waals surface area contributed by atoms with E-state index in [0.29, 0.717) is 22.6 Å². The summed E-state index contributed by atoms with van der Waals surface area (Å²) in [7, 11) is 0. The molecule has 3 heteroatoms. The topological polar surface area (TPSA) is 43.1 Å². The first-order chi connectivity index (χ1) is 13.5. The minimum absolute atomic E-state index is 0.0904. The molecule has 1 aromatic heterocycles. The number of carbonyl (C=O) groups excluding carboxylic acids is 1. The van der Waals surface area contributed by atoms with Crippen LogP contribution in [0.15, 0.2) is 77.3 Å². The second-order valence-electron chi connectivity index (χ2n) is 7.16. The van der Waals surface area contributed by atoms with Crippen LogP contribution in [0.25, 0.3) is 22.6 Å². The monoisotopic (exact) mass is 367 g/mol. The van der Waals surface area contributed by atoms with E-state index in [1.807, 2.05) is 93.6 Å². The molecule has 0 unspecified atom stereocenters. The number of ketones is 1. The second kappa shape index (κ2) is 7.28. The largest absolute Gasteiger partial charge is 0.355 e. The highest BCUT2D eigenvalue weighted by Gasteiger charge is 2.26. The summed E-state index contributed by atoms with van der Waals surface area (Å²) in [6.45, 7) is 6.06. The van der Waals surface area contributed by atoms with Crippen molar-refractivity contribution in [2.24, 2.45) is 0 Å². The molecule has 0 aliphatic heterocycles. The van der Waals surface area contributed by atoms with E-state index in [9.17, 15) is 4.79 Å². The molecule has 0 atom stereocenters. The molecule has 3 aromatic carbocycles. The van der Waals surface area contributed by atoms with Crippen LogP contribution in [0.1, 0.15) is 32.6 Å². The van der Waals surface area contributed by atoms with Crippen molar-refractivity contribution in [2.45, 2.75) is 20.8 Å². The summed E-state index contributed by atoms with van der Waals surface area (Å²) in [6, 6.07) is 23.5. The molecule has 4 rings (SSSR count). The molecule has 0 aliphatic rings. The van der Waals surface area contributed by atoms with Gasteiger partial charge < -0.3 is 4.52 Å². The molecule has 0 amide bonds. The predicted molar refractivity (Wildman–Crippen MR) is 111 cm³/mol. The quantitative estimate of drug-likeness (QED) is 0.405. The van der Waals surface area contributed by atoms with Crippen molar-refractivity contribution < 1.29 is 9.32 Å². The number of hydrogen-bond donors (Lipinski definition) is 0. The molecular weight excluding hydrogens is 346 g/mol.